The predicted octanol–water partition coefficient (Wildman–Crippen LogP) is 16.1. The van der Waals surface area contributed by atoms with Gasteiger partial charge >= 0.3 is 0 Å². The average Bonchev–Trinajstić information content (AvgIpc) is 3.87. The van der Waals surface area contributed by atoms with Crippen molar-refractivity contribution in [3.8, 4) is 44.5 Å². The molecule has 0 aliphatic heterocycles. The number of hydrogen-bond acceptors (Lipinski definition) is 3. The third-order valence-corrected chi connectivity index (χ3v) is 12.2. The smallest absolute Gasteiger partial charge is 0.144 e. The highest BCUT2D eigenvalue weighted by Gasteiger charge is 2.18. The quantitative estimate of drug-likeness (QED) is 0.162. The van der Waals surface area contributed by atoms with Gasteiger partial charge in [0.1, 0.15) is 11.2 Å². The van der Waals surface area contributed by atoms with E-state index in [2.05, 4.69) is 217 Å². The molecule has 0 spiro atoms. The fourth-order valence-electron chi connectivity index (χ4n) is 8.28. The van der Waals surface area contributed by atoms with Gasteiger partial charge in [0.2, 0.25) is 0 Å². The molecule has 0 aliphatic rings. The molecule has 2 nitrogen and oxygen atoms in total. The van der Waals surface area contributed by atoms with Gasteiger partial charge in [0.15, 0.2) is 0 Å². The lowest BCUT2D eigenvalue weighted by Crippen LogP contribution is -2.09. The zero-order chi connectivity index (χ0) is 37.7. The summed E-state index contributed by atoms with van der Waals surface area (Å²) in [5, 5.41) is 4.75. The molecule has 0 saturated heterocycles. The van der Waals surface area contributed by atoms with Gasteiger partial charge in [-0.1, -0.05) is 152 Å². The maximum atomic E-state index is 6.86. The summed E-state index contributed by atoms with van der Waals surface area (Å²) in [5.74, 6) is 0. The molecule has 0 saturated carbocycles. The van der Waals surface area contributed by atoms with Gasteiger partial charge in [-0.2, -0.15) is 0 Å². The van der Waals surface area contributed by atoms with Gasteiger partial charge < -0.3 is 9.32 Å². The van der Waals surface area contributed by atoms with Gasteiger partial charge in [0.25, 0.3) is 0 Å². The second-order valence-electron chi connectivity index (χ2n) is 14.5. The first-order chi connectivity index (χ1) is 28.2. The Balaban J connectivity index is 0.960. The van der Waals surface area contributed by atoms with E-state index in [1.54, 1.807) is 0 Å². The van der Waals surface area contributed by atoms with Crippen LogP contribution in [0.3, 0.4) is 0 Å². The molecule has 0 fully saturated rings. The van der Waals surface area contributed by atoms with E-state index < -0.39 is 0 Å². The van der Waals surface area contributed by atoms with Crippen molar-refractivity contribution in [2.24, 2.45) is 0 Å². The SMILES string of the molecule is c1ccc(-c2ccc(N(c3ccc(-c4ccccc4)cc3)c3ccc(-c4cccc(-c5cccc6c5oc5c6ccc6sc7ccccc7c65)c4)cc3)cc2)cc1. The lowest BCUT2D eigenvalue weighted by atomic mass is 9.97. The van der Waals surface area contributed by atoms with Crippen molar-refractivity contribution < 1.29 is 4.42 Å². The molecule has 268 valence electrons. The highest BCUT2D eigenvalue weighted by atomic mass is 32.1. The second-order valence-corrected chi connectivity index (χ2v) is 15.6. The number of furan rings is 1. The number of thiophene rings is 1. The topological polar surface area (TPSA) is 16.4 Å². The fraction of sp³-hybridized carbons (Fsp3) is 0. The second kappa shape index (κ2) is 13.8. The monoisotopic (exact) mass is 745 g/mol. The first kappa shape index (κ1) is 33.2. The minimum absolute atomic E-state index is 0.926. The maximum Gasteiger partial charge on any atom is 0.144 e. The number of para-hydroxylation sites is 1. The van der Waals surface area contributed by atoms with E-state index in [1.807, 2.05) is 11.3 Å². The minimum Gasteiger partial charge on any atom is -0.455 e. The normalized spacial score (nSPS) is 11.5. The number of nitrogens with zero attached hydrogens (tertiary/aromatic N) is 1. The van der Waals surface area contributed by atoms with Crippen LogP contribution < -0.4 is 4.90 Å². The van der Waals surface area contributed by atoms with E-state index in [0.717, 1.165) is 61.3 Å². The third-order valence-electron chi connectivity index (χ3n) is 11.1. The molecule has 0 amide bonds. The number of rotatable bonds is 7. The van der Waals surface area contributed by atoms with Gasteiger partial charge in [-0.05, 0) is 99.6 Å². The summed E-state index contributed by atoms with van der Waals surface area (Å²) >= 11 is 1.82. The standard InChI is InChI=1S/C54H35NOS/c1-3-11-36(12-4-1)38-21-27-43(28-22-38)55(44-29-23-39(24-30-44)37-13-5-2-6-14-37)45-31-25-40(26-32-45)41-15-9-16-42(35-41)46-18-10-19-47-48-33-34-51-52(54(48)56-53(46)47)49-17-7-8-20-50(49)57-51/h1-35H. The maximum absolute atomic E-state index is 6.86. The molecule has 0 atom stereocenters. The number of anilines is 3. The minimum atomic E-state index is 0.926. The van der Waals surface area contributed by atoms with Gasteiger partial charge in [-0.15, -0.1) is 11.3 Å². The molecule has 11 aromatic rings. The van der Waals surface area contributed by atoms with Crippen molar-refractivity contribution in [3.05, 3.63) is 212 Å². The van der Waals surface area contributed by atoms with Crippen LogP contribution in [0.15, 0.2) is 217 Å². The van der Waals surface area contributed by atoms with Crippen molar-refractivity contribution in [1.82, 2.24) is 0 Å². The van der Waals surface area contributed by atoms with Crippen LogP contribution in [0.25, 0.3) is 86.6 Å². The molecule has 57 heavy (non-hydrogen) atoms. The lowest BCUT2D eigenvalue weighted by Gasteiger charge is -2.26. The molecule has 0 radical (unpaired) electrons. The van der Waals surface area contributed by atoms with E-state index in [1.165, 1.54) is 42.4 Å². The molecule has 0 unspecified atom stereocenters. The van der Waals surface area contributed by atoms with Crippen LogP contribution in [0.1, 0.15) is 0 Å². The Bertz CT molecular complexity index is 3110. The van der Waals surface area contributed by atoms with Crippen molar-refractivity contribution in [2.45, 2.75) is 0 Å². The van der Waals surface area contributed by atoms with Gasteiger partial charge in [0.05, 0.1) is 0 Å². The molecule has 2 aromatic heterocycles. The Morgan fingerprint density at radius 2 is 0.789 bits per heavy atom. The van der Waals surface area contributed by atoms with Crippen molar-refractivity contribution >= 4 is 70.5 Å². The van der Waals surface area contributed by atoms with Crippen LogP contribution in [0.5, 0.6) is 0 Å². The van der Waals surface area contributed by atoms with Crippen LogP contribution in [-0.4, -0.2) is 0 Å². The Hall–Kier alpha value is -7.20. The summed E-state index contributed by atoms with van der Waals surface area (Å²) in [7, 11) is 0. The molecule has 0 aliphatic carbocycles. The lowest BCUT2D eigenvalue weighted by molar-refractivity contribution is 0.674. The Morgan fingerprint density at radius 3 is 1.42 bits per heavy atom. The Morgan fingerprint density at radius 1 is 0.316 bits per heavy atom. The Labute approximate surface area is 335 Å². The van der Waals surface area contributed by atoms with E-state index in [9.17, 15) is 0 Å². The predicted molar refractivity (Wildman–Crippen MR) is 243 cm³/mol. The molecule has 0 N–H and O–H groups in total. The zero-order valence-electron chi connectivity index (χ0n) is 31.0. The van der Waals surface area contributed by atoms with E-state index in [4.69, 9.17) is 4.42 Å². The largest absolute Gasteiger partial charge is 0.455 e. The summed E-state index contributed by atoms with van der Waals surface area (Å²) < 4.78 is 9.39. The summed E-state index contributed by atoms with van der Waals surface area (Å²) in [6.45, 7) is 0. The molecule has 9 aromatic carbocycles. The molecule has 3 heteroatoms. The highest BCUT2D eigenvalue weighted by Crippen LogP contribution is 2.44. The van der Waals surface area contributed by atoms with Gasteiger partial charge in [-0.3, -0.25) is 0 Å². The highest BCUT2D eigenvalue weighted by molar-refractivity contribution is 7.26. The molecule has 11 rings (SSSR count). The van der Waals surface area contributed by atoms with Crippen LogP contribution in [0.4, 0.5) is 17.1 Å². The van der Waals surface area contributed by atoms with Crippen LogP contribution in [0, 0.1) is 0 Å². The van der Waals surface area contributed by atoms with Crippen LogP contribution in [-0.2, 0) is 0 Å². The van der Waals surface area contributed by atoms with Crippen molar-refractivity contribution in [3.63, 3.8) is 0 Å². The summed E-state index contributed by atoms with van der Waals surface area (Å²) in [5.41, 5.74) is 14.5. The molecule has 0 bridgehead atoms. The Kier molecular flexibility index (Phi) is 8.04. The fourth-order valence-corrected chi connectivity index (χ4v) is 9.38. The molecule has 2 heterocycles. The molecular formula is C54H35NOS. The van der Waals surface area contributed by atoms with Gasteiger partial charge in [-0.25, -0.2) is 0 Å². The summed E-state index contributed by atoms with van der Waals surface area (Å²) in [6, 6.07) is 76.2. The van der Waals surface area contributed by atoms with E-state index in [0.29, 0.717) is 0 Å². The first-order valence-corrected chi connectivity index (χ1v) is 20.1. The summed E-state index contributed by atoms with van der Waals surface area (Å²) in [6.07, 6.45) is 0. The summed E-state index contributed by atoms with van der Waals surface area (Å²) in [4.78, 5) is 2.33. The first-order valence-electron chi connectivity index (χ1n) is 19.3. The van der Waals surface area contributed by atoms with Gasteiger partial charge in [0, 0.05) is 53.6 Å². The van der Waals surface area contributed by atoms with Crippen LogP contribution in [0.2, 0.25) is 0 Å². The van der Waals surface area contributed by atoms with E-state index >= 15 is 0 Å². The average molecular weight is 746 g/mol. The number of hydrogen-bond donors (Lipinski definition) is 0. The zero-order valence-corrected chi connectivity index (χ0v) is 31.8. The van der Waals surface area contributed by atoms with Crippen molar-refractivity contribution in [2.75, 3.05) is 4.90 Å². The van der Waals surface area contributed by atoms with E-state index in [-0.39, 0.29) is 0 Å². The molecular weight excluding hydrogens is 711 g/mol. The number of fused-ring (bicyclic) bond motifs is 7. The third kappa shape index (κ3) is 5.88. The van der Waals surface area contributed by atoms with Crippen molar-refractivity contribution in [1.29, 1.82) is 0 Å². The van der Waals surface area contributed by atoms with Crippen LogP contribution >= 0.6 is 11.3 Å². The number of benzene rings is 9.